The molecular formula is C18H28N2O2. The third-order valence-corrected chi connectivity index (χ3v) is 3.80. The number of carbonyl (C=O) groups is 1. The molecule has 1 aliphatic carbocycles. The Morgan fingerprint density at radius 3 is 2.55 bits per heavy atom. The van der Waals surface area contributed by atoms with Gasteiger partial charge in [0.1, 0.15) is 5.60 Å². The van der Waals surface area contributed by atoms with Gasteiger partial charge in [-0.2, -0.15) is 0 Å². The monoisotopic (exact) mass is 304 g/mol. The van der Waals surface area contributed by atoms with E-state index in [4.69, 9.17) is 4.74 Å². The zero-order valence-corrected chi connectivity index (χ0v) is 13.9. The molecule has 2 N–H and O–H groups in total. The number of amides is 1. The van der Waals surface area contributed by atoms with Crippen molar-refractivity contribution in [1.82, 2.24) is 5.32 Å². The molecule has 1 amide bonds. The highest BCUT2D eigenvalue weighted by Gasteiger charge is 2.17. The number of hydrogen-bond donors (Lipinski definition) is 2. The first-order valence-electron chi connectivity index (χ1n) is 8.25. The highest BCUT2D eigenvalue weighted by molar-refractivity contribution is 5.68. The summed E-state index contributed by atoms with van der Waals surface area (Å²) in [6.07, 6.45) is 6.04. The first-order chi connectivity index (χ1) is 10.4. The highest BCUT2D eigenvalue weighted by Crippen LogP contribution is 2.23. The molecule has 0 radical (unpaired) electrons. The first kappa shape index (κ1) is 16.7. The third kappa shape index (κ3) is 5.58. The Morgan fingerprint density at radius 1 is 1.18 bits per heavy atom. The molecule has 0 saturated heterocycles. The second kappa shape index (κ2) is 7.52. The maximum absolute atomic E-state index is 11.8. The number of para-hydroxylation sites is 1. The number of hydrogen-bond acceptors (Lipinski definition) is 3. The molecule has 1 aliphatic rings. The lowest BCUT2D eigenvalue weighted by Gasteiger charge is -2.25. The predicted molar refractivity (Wildman–Crippen MR) is 90.0 cm³/mol. The maximum atomic E-state index is 11.8. The predicted octanol–water partition coefficient (Wildman–Crippen LogP) is 4.46. The summed E-state index contributed by atoms with van der Waals surface area (Å²) in [6.45, 7) is 6.08. The van der Waals surface area contributed by atoms with E-state index in [2.05, 4.69) is 16.7 Å². The second-order valence-corrected chi connectivity index (χ2v) is 6.99. The van der Waals surface area contributed by atoms with Gasteiger partial charge in [-0.3, -0.25) is 0 Å². The normalized spacial score (nSPS) is 16.1. The van der Waals surface area contributed by atoms with E-state index in [0.717, 1.165) is 11.3 Å². The molecule has 122 valence electrons. The molecule has 1 aromatic rings. The fourth-order valence-corrected chi connectivity index (χ4v) is 2.76. The molecular weight excluding hydrogens is 276 g/mol. The Labute approximate surface area is 133 Å². The van der Waals surface area contributed by atoms with E-state index in [1.807, 2.05) is 39.0 Å². The van der Waals surface area contributed by atoms with Gasteiger partial charge in [-0.05, 0) is 45.2 Å². The van der Waals surface area contributed by atoms with Gasteiger partial charge in [-0.1, -0.05) is 37.5 Å². The number of anilines is 1. The van der Waals surface area contributed by atoms with Gasteiger partial charge < -0.3 is 15.4 Å². The first-order valence-corrected chi connectivity index (χ1v) is 8.25. The van der Waals surface area contributed by atoms with Crippen LogP contribution in [0, 0.1) is 0 Å². The molecule has 1 aromatic carbocycles. The van der Waals surface area contributed by atoms with Crippen LogP contribution in [0.4, 0.5) is 10.5 Å². The van der Waals surface area contributed by atoms with Crippen LogP contribution >= 0.6 is 0 Å². The van der Waals surface area contributed by atoms with Crippen LogP contribution in [-0.4, -0.2) is 17.7 Å². The molecule has 1 fully saturated rings. The van der Waals surface area contributed by atoms with Gasteiger partial charge in [0.2, 0.25) is 0 Å². The zero-order valence-electron chi connectivity index (χ0n) is 13.9. The van der Waals surface area contributed by atoms with Crippen molar-refractivity contribution in [1.29, 1.82) is 0 Å². The van der Waals surface area contributed by atoms with E-state index in [1.54, 1.807) is 0 Å². The van der Waals surface area contributed by atoms with Crippen molar-refractivity contribution in [3.05, 3.63) is 29.8 Å². The molecule has 0 unspecified atom stereocenters. The summed E-state index contributed by atoms with van der Waals surface area (Å²) < 4.78 is 5.28. The smallest absolute Gasteiger partial charge is 0.407 e. The molecule has 0 bridgehead atoms. The number of benzene rings is 1. The summed E-state index contributed by atoms with van der Waals surface area (Å²) >= 11 is 0. The Balaban J connectivity index is 1.91. The number of alkyl carbamates (subject to hydrolysis) is 1. The number of carbonyl (C=O) groups excluding carboxylic acids is 1. The van der Waals surface area contributed by atoms with Crippen LogP contribution in [0.15, 0.2) is 24.3 Å². The molecule has 0 spiro atoms. The lowest BCUT2D eigenvalue weighted by Crippen LogP contribution is -2.32. The van der Waals surface area contributed by atoms with Gasteiger partial charge in [0.25, 0.3) is 0 Å². The minimum Gasteiger partial charge on any atom is -0.444 e. The van der Waals surface area contributed by atoms with Crippen LogP contribution in [0.5, 0.6) is 0 Å². The largest absolute Gasteiger partial charge is 0.444 e. The number of rotatable bonds is 4. The standard InChI is InChI=1S/C18H28N2O2/c1-18(2,3)22-17(21)19-13-14-9-7-8-12-16(14)20-15-10-5-4-6-11-15/h7-9,12,15,20H,4-6,10-11,13H2,1-3H3,(H,19,21). The maximum Gasteiger partial charge on any atom is 0.407 e. The molecule has 4 heteroatoms. The molecule has 0 aromatic heterocycles. The van der Waals surface area contributed by atoms with Crippen LogP contribution in [0.3, 0.4) is 0 Å². The molecule has 1 saturated carbocycles. The summed E-state index contributed by atoms with van der Waals surface area (Å²) in [6, 6.07) is 8.71. The van der Waals surface area contributed by atoms with Crippen molar-refractivity contribution >= 4 is 11.8 Å². The SMILES string of the molecule is CC(C)(C)OC(=O)NCc1ccccc1NC1CCCCC1. The van der Waals surface area contributed by atoms with E-state index < -0.39 is 5.60 Å². The molecule has 2 rings (SSSR count). The zero-order chi connectivity index (χ0) is 16.0. The topological polar surface area (TPSA) is 50.4 Å². The van der Waals surface area contributed by atoms with Crippen LogP contribution in [0.25, 0.3) is 0 Å². The van der Waals surface area contributed by atoms with E-state index >= 15 is 0 Å². The Bertz CT molecular complexity index is 488. The summed E-state index contributed by atoms with van der Waals surface area (Å²) in [5.41, 5.74) is 1.74. The van der Waals surface area contributed by atoms with Crippen LogP contribution in [0.1, 0.15) is 58.4 Å². The Kier molecular flexibility index (Phi) is 5.69. The summed E-state index contributed by atoms with van der Waals surface area (Å²) in [5, 5.41) is 6.46. The second-order valence-electron chi connectivity index (χ2n) is 6.99. The molecule has 0 heterocycles. The Morgan fingerprint density at radius 2 is 1.86 bits per heavy atom. The van der Waals surface area contributed by atoms with Crippen molar-refractivity contribution in [3.8, 4) is 0 Å². The van der Waals surface area contributed by atoms with Crippen LogP contribution < -0.4 is 10.6 Å². The van der Waals surface area contributed by atoms with Crippen LogP contribution in [0.2, 0.25) is 0 Å². The van der Waals surface area contributed by atoms with Gasteiger partial charge >= 0.3 is 6.09 Å². The highest BCUT2D eigenvalue weighted by atomic mass is 16.6. The number of nitrogens with one attached hydrogen (secondary N) is 2. The summed E-state index contributed by atoms with van der Waals surface area (Å²) in [4.78, 5) is 11.8. The lowest BCUT2D eigenvalue weighted by molar-refractivity contribution is 0.0523. The minimum absolute atomic E-state index is 0.375. The van der Waals surface area contributed by atoms with Gasteiger partial charge in [0.05, 0.1) is 0 Å². The molecule has 0 aliphatic heterocycles. The average Bonchev–Trinajstić information content (AvgIpc) is 2.46. The van der Waals surface area contributed by atoms with Gasteiger partial charge in [-0.15, -0.1) is 0 Å². The van der Waals surface area contributed by atoms with Gasteiger partial charge in [-0.25, -0.2) is 4.79 Å². The van der Waals surface area contributed by atoms with Crippen molar-refractivity contribution in [2.45, 2.75) is 71.1 Å². The van der Waals surface area contributed by atoms with E-state index in [-0.39, 0.29) is 6.09 Å². The average molecular weight is 304 g/mol. The van der Waals surface area contributed by atoms with E-state index in [9.17, 15) is 4.79 Å². The summed E-state index contributed by atoms with van der Waals surface area (Å²) in [5.74, 6) is 0. The fraction of sp³-hybridized carbons (Fsp3) is 0.611. The lowest BCUT2D eigenvalue weighted by atomic mass is 9.95. The Hall–Kier alpha value is -1.71. The third-order valence-electron chi connectivity index (χ3n) is 3.80. The van der Waals surface area contributed by atoms with Crippen molar-refractivity contribution < 1.29 is 9.53 Å². The molecule has 4 nitrogen and oxygen atoms in total. The van der Waals surface area contributed by atoms with Crippen molar-refractivity contribution in [3.63, 3.8) is 0 Å². The van der Waals surface area contributed by atoms with E-state index in [0.29, 0.717) is 12.6 Å². The van der Waals surface area contributed by atoms with Gasteiger partial charge in [0.15, 0.2) is 0 Å². The molecule has 22 heavy (non-hydrogen) atoms. The van der Waals surface area contributed by atoms with Gasteiger partial charge in [0, 0.05) is 18.3 Å². The summed E-state index contributed by atoms with van der Waals surface area (Å²) in [7, 11) is 0. The number of ether oxygens (including phenoxy) is 1. The fourth-order valence-electron chi connectivity index (χ4n) is 2.76. The quantitative estimate of drug-likeness (QED) is 0.863. The molecule has 0 atom stereocenters. The van der Waals surface area contributed by atoms with E-state index in [1.165, 1.54) is 32.1 Å². The van der Waals surface area contributed by atoms with Crippen LogP contribution in [-0.2, 0) is 11.3 Å². The minimum atomic E-state index is -0.468. The van der Waals surface area contributed by atoms with Crippen molar-refractivity contribution in [2.24, 2.45) is 0 Å². The van der Waals surface area contributed by atoms with Crippen molar-refractivity contribution in [2.75, 3.05) is 5.32 Å².